The largest absolute Gasteiger partial charge is 0.384 e. The summed E-state index contributed by atoms with van der Waals surface area (Å²) in [5.74, 6) is 1.01. The second-order valence-electron chi connectivity index (χ2n) is 11.1. The molecule has 0 bridgehead atoms. The molecule has 5 nitrogen and oxygen atoms in total. The summed E-state index contributed by atoms with van der Waals surface area (Å²) in [5.41, 5.74) is 5.53. The summed E-state index contributed by atoms with van der Waals surface area (Å²) in [6.07, 6.45) is 7.14. The Kier molecular flexibility index (Phi) is 15.0. The third-order valence-corrected chi connectivity index (χ3v) is 9.51. The quantitative estimate of drug-likeness (QED) is 0.0719. The Balaban J connectivity index is 1.19. The third kappa shape index (κ3) is 10.5. The normalized spacial score (nSPS) is 11.3. The van der Waals surface area contributed by atoms with Gasteiger partial charge in [0.05, 0.1) is 30.1 Å². The van der Waals surface area contributed by atoms with Crippen LogP contribution in [0.1, 0.15) is 65.6 Å². The van der Waals surface area contributed by atoms with Gasteiger partial charge in [-0.3, -0.25) is 4.79 Å². The number of para-hydroxylation sites is 1. The molecular formula is C39H48N2O3S. The second kappa shape index (κ2) is 19.7. The highest BCUT2D eigenvalue weighted by atomic mass is 32.2. The fourth-order valence-electron chi connectivity index (χ4n) is 5.56. The molecule has 4 aromatic carbocycles. The summed E-state index contributed by atoms with van der Waals surface area (Å²) in [4.78, 5) is 12.7. The number of methoxy groups -OCH3 is 1. The minimum atomic E-state index is -0.236. The van der Waals surface area contributed by atoms with Crippen molar-refractivity contribution in [3.63, 3.8) is 0 Å². The van der Waals surface area contributed by atoms with Crippen LogP contribution in [-0.2, 0) is 14.2 Å². The smallest absolute Gasteiger partial charge is 0.253 e. The molecule has 0 aliphatic heterocycles. The van der Waals surface area contributed by atoms with Gasteiger partial charge in [0.25, 0.3) is 5.91 Å². The van der Waals surface area contributed by atoms with E-state index in [0.717, 1.165) is 24.4 Å². The lowest BCUT2D eigenvalue weighted by molar-refractivity contribution is 0.0693. The van der Waals surface area contributed by atoms with Gasteiger partial charge in [-0.1, -0.05) is 129 Å². The van der Waals surface area contributed by atoms with Crippen LogP contribution in [0.15, 0.2) is 115 Å². The van der Waals surface area contributed by atoms with Crippen molar-refractivity contribution in [1.82, 2.24) is 5.32 Å². The summed E-state index contributed by atoms with van der Waals surface area (Å²) in [5, 5.41) is 6.42. The standard InChI is InChI=1S/C39H48N2O3S/c1-43-30-31-44-29-28-41-38(42)36-25-15-16-26-37(36)40-27-17-4-2-3-5-18-32-45-39(33-19-9-6-10-20-33,34-21-11-7-12-22-34)35-23-13-8-14-24-35/h6-16,19-26,40H,2-5,17-18,27-32H2,1H3,(H,41,42). The molecule has 0 radical (unpaired) electrons. The first kappa shape index (κ1) is 34.3. The van der Waals surface area contributed by atoms with E-state index >= 15 is 0 Å². The monoisotopic (exact) mass is 624 g/mol. The summed E-state index contributed by atoms with van der Waals surface area (Å²) >= 11 is 2.06. The van der Waals surface area contributed by atoms with E-state index in [-0.39, 0.29) is 10.7 Å². The molecular weight excluding hydrogens is 577 g/mol. The van der Waals surface area contributed by atoms with Crippen molar-refractivity contribution in [2.45, 2.75) is 43.3 Å². The number of nitrogens with one attached hydrogen (secondary N) is 2. The van der Waals surface area contributed by atoms with Gasteiger partial charge < -0.3 is 20.1 Å². The maximum atomic E-state index is 12.7. The molecule has 238 valence electrons. The molecule has 1 amide bonds. The van der Waals surface area contributed by atoms with Crippen LogP contribution >= 0.6 is 11.8 Å². The number of hydrogen-bond donors (Lipinski definition) is 2. The summed E-state index contributed by atoms with van der Waals surface area (Å²) < 4.78 is 10.2. The highest BCUT2D eigenvalue weighted by molar-refractivity contribution is 8.00. The molecule has 0 aliphatic rings. The van der Waals surface area contributed by atoms with E-state index in [1.807, 2.05) is 24.3 Å². The predicted molar refractivity (Wildman–Crippen MR) is 189 cm³/mol. The van der Waals surface area contributed by atoms with Gasteiger partial charge in [-0.05, 0) is 47.4 Å². The van der Waals surface area contributed by atoms with Crippen molar-refractivity contribution in [1.29, 1.82) is 0 Å². The maximum Gasteiger partial charge on any atom is 0.253 e. The van der Waals surface area contributed by atoms with E-state index in [1.165, 1.54) is 48.8 Å². The molecule has 0 aliphatic carbocycles. The minimum Gasteiger partial charge on any atom is -0.384 e. The number of rotatable bonds is 21. The molecule has 4 rings (SSSR count). The number of hydrogen-bond acceptors (Lipinski definition) is 5. The van der Waals surface area contributed by atoms with Crippen LogP contribution in [0, 0.1) is 0 Å². The van der Waals surface area contributed by atoms with Crippen LogP contribution < -0.4 is 10.6 Å². The highest BCUT2D eigenvalue weighted by Crippen LogP contribution is 2.48. The molecule has 45 heavy (non-hydrogen) atoms. The first-order valence-corrected chi connectivity index (χ1v) is 17.2. The zero-order valence-corrected chi connectivity index (χ0v) is 27.4. The second-order valence-corrected chi connectivity index (χ2v) is 12.4. The van der Waals surface area contributed by atoms with Crippen molar-refractivity contribution in [3.05, 3.63) is 138 Å². The van der Waals surface area contributed by atoms with Crippen LogP contribution in [0.25, 0.3) is 0 Å². The highest BCUT2D eigenvalue weighted by Gasteiger charge is 2.36. The Morgan fingerprint density at radius 2 is 1.16 bits per heavy atom. The van der Waals surface area contributed by atoms with E-state index in [1.54, 1.807) is 7.11 Å². The first-order chi connectivity index (χ1) is 22.3. The number of amides is 1. The van der Waals surface area contributed by atoms with E-state index in [0.29, 0.717) is 31.9 Å². The molecule has 0 heterocycles. The number of anilines is 1. The summed E-state index contributed by atoms with van der Waals surface area (Å²) in [6.45, 7) is 2.88. The Hall–Kier alpha value is -3.58. The lowest BCUT2D eigenvalue weighted by Gasteiger charge is -2.35. The molecule has 4 aromatic rings. The topological polar surface area (TPSA) is 59.6 Å². The molecule has 0 saturated carbocycles. The number of carbonyl (C=O) groups excluding carboxylic acids is 1. The molecule has 0 fully saturated rings. The van der Waals surface area contributed by atoms with Gasteiger partial charge in [0.15, 0.2) is 0 Å². The van der Waals surface area contributed by atoms with Crippen LogP contribution in [0.5, 0.6) is 0 Å². The lowest BCUT2D eigenvalue weighted by atomic mass is 9.84. The molecule has 6 heteroatoms. The molecule has 0 aromatic heterocycles. The molecule has 2 N–H and O–H groups in total. The van der Waals surface area contributed by atoms with Crippen LogP contribution in [0.3, 0.4) is 0 Å². The SMILES string of the molecule is COCCOCCNC(=O)c1ccccc1NCCCCCCCCSC(c1ccccc1)(c1ccccc1)c1ccccc1. The van der Waals surface area contributed by atoms with Gasteiger partial charge in [0, 0.05) is 25.9 Å². The Morgan fingerprint density at radius 3 is 1.76 bits per heavy atom. The van der Waals surface area contributed by atoms with Gasteiger partial charge in [-0.15, -0.1) is 11.8 Å². The average molecular weight is 625 g/mol. The molecule has 0 unspecified atom stereocenters. The van der Waals surface area contributed by atoms with E-state index < -0.39 is 0 Å². The van der Waals surface area contributed by atoms with Crippen molar-refractivity contribution in [3.8, 4) is 0 Å². The van der Waals surface area contributed by atoms with Crippen LogP contribution in [0.4, 0.5) is 5.69 Å². The summed E-state index contributed by atoms with van der Waals surface area (Å²) in [7, 11) is 1.64. The van der Waals surface area contributed by atoms with Crippen molar-refractivity contribution in [2.24, 2.45) is 0 Å². The van der Waals surface area contributed by atoms with Crippen molar-refractivity contribution < 1.29 is 14.3 Å². The van der Waals surface area contributed by atoms with E-state index in [9.17, 15) is 4.79 Å². The van der Waals surface area contributed by atoms with Gasteiger partial charge in [-0.2, -0.15) is 0 Å². The Morgan fingerprint density at radius 1 is 0.622 bits per heavy atom. The van der Waals surface area contributed by atoms with Crippen LogP contribution in [0.2, 0.25) is 0 Å². The maximum absolute atomic E-state index is 12.7. The average Bonchev–Trinajstić information content (AvgIpc) is 3.10. The van der Waals surface area contributed by atoms with Gasteiger partial charge >= 0.3 is 0 Å². The van der Waals surface area contributed by atoms with E-state index in [4.69, 9.17) is 9.47 Å². The van der Waals surface area contributed by atoms with E-state index in [2.05, 4.69) is 113 Å². The fourth-order valence-corrected chi connectivity index (χ4v) is 7.13. The lowest BCUT2D eigenvalue weighted by Crippen LogP contribution is -2.28. The number of ether oxygens (including phenoxy) is 2. The number of carbonyl (C=O) groups is 1. The van der Waals surface area contributed by atoms with Crippen LogP contribution in [-0.4, -0.2) is 51.7 Å². The Bertz CT molecular complexity index is 1270. The zero-order valence-electron chi connectivity index (χ0n) is 26.6. The Labute approximate surface area is 274 Å². The number of benzene rings is 4. The van der Waals surface area contributed by atoms with Crippen molar-refractivity contribution >= 4 is 23.4 Å². The molecule has 0 saturated heterocycles. The first-order valence-electron chi connectivity index (χ1n) is 16.2. The predicted octanol–water partition coefficient (Wildman–Crippen LogP) is 8.56. The summed E-state index contributed by atoms with van der Waals surface area (Å²) in [6, 6.07) is 40.6. The molecule has 0 spiro atoms. The van der Waals surface area contributed by atoms with Crippen molar-refractivity contribution in [2.75, 3.05) is 51.1 Å². The third-order valence-electron chi connectivity index (χ3n) is 7.88. The number of unbranched alkanes of at least 4 members (excludes halogenated alkanes) is 5. The zero-order chi connectivity index (χ0) is 31.4. The molecule has 0 atom stereocenters. The van der Waals surface area contributed by atoms with Gasteiger partial charge in [0.1, 0.15) is 0 Å². The van der Waals surface area contributed by atoms with Gasteiger partial charge in [-0.25, -0.2) is 0 Å². The fraction of sp³-hybridized carbons (Fsp3) is 0.359. The van der Waals surface area contributed by atoms with Gasteiger partial charge in [0.2, 0.25) is 0 Å². The minimum absolute atomic E-state index is 0.0814. The number of thioether (sulfide) groups is 1.